The Morgan fingerprint density at radius 1 is 0.952 bits per heavy atom. The van der Waals surface area contributed by atoms with E-state index in [4.69, 9.17) is 10.00 Å². The number of fused-ring (bicyclic) bond motifs is 1. The lowest BCUT2D eigenvalue weighted by atomic mass is 10.1. The fraction of sp³-hybridized carbons (Fsp3) is 0. The minimum Gasteiger partial charge on any atom is -0.455 e. The third kappa shape index (κ3) is 2.39. The van der Waals surface area contributed by atoms with E-state index in [1.165, 1.54) is 6.20 Å². The van der Waals surface area contributed by atoms with E-state index < -0.39 is 0 Å². The molecule has 2 aromatic carbocycles. The zero-order valence-corrected chi connectivity index (χ0v) is 10.9. The number of pyridine rings is 1. The van der Waals surface area contributed by atoms with Crippen molar-refractivity contribution in [1.82, 2.24) is 4.98 Å². The van der Waals surface area contributed by atoms with Gasteiger partial charge in [-0.15, -0.1) is 0 Å². The molecule has 3 aromatic rings. The van der Waals surface area contributed by atoms with Crippen molar-refractivity contribution in [3.8, 4) is 23.6 Å². The summed E-state index contributed by atoms with van der Waals surface area (Å²) in [6.07, 6.45) is 1.49. The van der Waals surface area contributed by atoms with Crippen LogP contribution in [0.4, 0.5) is 0 Å². The van der Waals surface area contributed by atoms with Gasteiger partial charge in [0.25, 0.3) is 0 Å². The van der Waals surface area contributed by atoms with Gasteiger partial charge in [0.15, 0.2) is 5.75 Å². The van der Waals surface area contributed by atoms with Crippen molar-refractivity contribution < 1.29 is 4.74 Å². The second-order valence-electron chi connectivity index (χ2n) is 4.37. The summed E-state index contributed by atoms with van der Waals surface area (Å²) in [7, 11) is 0. The first-order valence-corrected chi connectivity index (χ1v) is 6.27. The standard InChI is InChI=1S/C17H9N3O/c18-9-12-4-3-5-14(8-12)21-17-13(10-19)11-20-16-7-2-1-6-15(16)17/h1-8,11H. The van der Waals surface area contributed by atoms with Crippen molar-refractivity contribution in [3.63, 3.8) is 0 Å². The molecule has 21 heavy (non-hydrogen) atoms. The molecule has 4 heteroatoms. The van der Waals surface area contributed by atoms with Crippen LogP contribution in [0.1, 0.15) is 11.1 Å². The molecule has 0 fully saturated rings. The molecular weight excluding hydrogens is 262 g/mol. The van der Waals surface area contributed by atoms with Crippen molar-refractivity contribution >= 4 is 10.9 Å². The molecule has 0 aliphatic carbocycles. The van der Waals surface area contributed by atoms with Gasteiger partial charge in [-0.25, -0.2) is 0 Å². The highest BCUT2D eigenvalue weighted by Gasteiger charge is 2.11. The molecule has 1 heterocycles. The molecule has 0 N–H and O–H groups in total. The zero-order valence-electron chi connectivity index (χ0n) is 10.9. The van der Waals surface area contributed by atoms with Crippen LogP contribution in [-0.4, -0.2) is 4.98 Å². The van der Waals surface area contributed by atoms with Gasteiger partial charge in [-0.1, -0.05) is 18.2 Å². The minimum atomic E-state index is 0.357. The van der Waals surface area contributed by atoms with E-state index in [1.54, 1.807) is 24.3 Å². The van der Waals surface area contributed by atoms with Crippen molar-refractivity contribution in [2.75, 3.05) is 0 Å². The molecular formula is C17H9N3O. The third-order valence-electron chi connectivity index (χ3n) is 3.03. The molecule has 4 nitrogen and oxygen atoms in total. The number of hydrogen-bond donors (Lipinski definition) is 0. The van der Waals surface area contributed by atoms with E-state index in [2.05, 4.69) is 17.1 Å². The predicted octanol–water partition coefficient (Wildman–Crippen LogP) is 3.77. The van der Waals surface area contributed by atoms with Crippen molar-refractivity contribution in [2.24, 2.45) is 0 Å². The maximum Gasteiger partial charge on any atom is 0.156 e. The van der Waals surface area contributed by atoms with Gasteiger partial charge in [-0.3, -0.25) is 4.98 Å². The first kappa shape index (κ1) is 12.7. The Hall–Kier alpha value is -3.37. The van der Waals surface area contributed by atoms with Crippen LogP contribution in [0.15, 0.2) is 54.7 Å². The van der Waals surface area contributed by atoms with Crippen LogP contribution in [0.25, 0.3) is 10.9 Å². The Morgan fingerprint density at radius 3 is 2.62 bits per heavy atom. The zero-order chi connectivity index (χ0) is 14.7. The number of benzene rings is 2. The van der Waals surface area contributed by atoms with Gasteiger partial charge in [0.05, 0.1) is 17.1 Å². The van der Waals surface area contributed by atoms with Crippen LogP contribution in [0.2, 0.25) is 0 Å². The summed E-state index contributed by atoms with van der Waals surface area (Å²) < 4.78 is 5.84. The Kier molecular flexibility index (Phi) is 3.21. The summed E-state index contributed by atoms with van der Waals surface area (Å²) in [6, 6.07) is 18.4. The summed E-state index contributed by atoms with van der Waals surface area (Å²) in [4.78, 5) is 4.23. The largest absolute Gasteiger partial charge is 0.455 e. The Bertz CT molecular complexity index is 904. The number of nitrogens with zero attached hydrogens (tertiary/aromatic N) is 3. The summed E-state index contributed by atoms with van der Waals surface area (Å²) in [5.74, 6) is 0.972. The minimum absolute atomic E-state index is 0.357. The monoisotopic (exact) mass is 271 g/mol. The van der Waals surface area contributed by atoms with Crippen LogP contribution in [0, 0.1) is 22.7 Å². The summed E-state index contributed by atoms with van der Waals surface area (Å²) in [5, 5.41) is 18.9. The Morgan fingerprint density at radius 2 is 1.81 bits per heavy atom. The van der Waals surface area contributed by atoms with Gasteiger partial charge in [-0.2, -0.15) is 10.5 Å². The molecule has 0 saturated carbocycles. The highest BCUT2D eigenvalue weighted by molar-refractivity contribution is 5.87. The lowest BCUT2D eigenvalue weighted by Crippen LogP contribution is -1.92. The fourth-order valence-electron chi connectivity index (χ4n) is 2.05. The average Bonchev–Trinajstić information content (AvgIpc) is 2.55. The molecule has 0 aliphatic heterocycles. The molecule has 0 spiro atoms. The predicted molar refractivity (Wildman–Crippen MR) is 77.7 cm³/mol. The molecule has 0 atom stereocenters. The molecule has 0 radical (unpaired) electrons. The van der Waals surface area contributed by atoms with Crippen LogP contribution in [-0.2, 0) is 0 Å². The highest BCUT2D eigenvalue weighted by Crippen LogP contribution is 2.32. The maximum absolute atomic E-state index is 9.23. The van der Waals surface area contributed by atoms with E-state index in [9.17, 15) is 5.26 Å². The van der Waals surface area contributed by atoms with Gasteiger partial charge in [-0.05, 0) is 30.3 Å². The maximum atomic E-state index is 9.23. The normalized spacial score (nSPS) is 9.81. The number of nitriles is 2. The number of aromatic nitrogens is 1. The Balaban J connectivity index is 2.15. The van der Waals surface area contributed by atoms with Gasteiger partial charge in [0, 0.05) is 11.6 Å². The molecule has 3 rings (SSSR count). The molecule has 1 aromatic heterocycles. The molecule has 0 aliphatic rings. The van der Waals surface area contributed by atoms with Gasteiger partial charge >= 0.3 is 0 Å². The average molecular weight is 271 g/mol. The number of ether oxygens (including phenoxy) is 1. The smallest absolute Gasteiger partial charge is 0.156 e. The van der Waals surface area contributed by atoms with E-state index in [1.807, 2.05) is 24.3 Å². The van der Waals surface area contributed by atoms with Crippen LogP contribution < -0.4 is 4.74 Å². The summed E-state index contributed by atoms with van der Waals surface area (Å²) in [6.45, 7) is 0. The topological polar surface area (TPSA) is 69.7 Å². The molecule has 0 saturated heterocycles. The first-order chi connectivity index (χ1) is 10.3. The van der Waals surface area contributed by atoms with Crippen molar-refractivity contribution in [3.05, 3.63) is 65.9 Å². The SMILES string of the molecule is N#Cc1cccc(Oc2c(C#N)cnc3ccccc23)c1. The van der Waals surface area contributed by atoms with Crippen molar-refractivity contribution in [2.45, 2.75) is 0 Å². The van der Waals surface area contributed by atoms with E-state index in [0.29, 0.717) is 22.6 Å². The molecule has 0 amide bonds. The second kappa shape index (κ2) is 5.32. The van der Waals surface area contributed by atoms with Crippen molar-refractivity contribution in [1.29, 1.82) is 10.5 Å². The van der Waals surface area contributed by atoms with Gasteiger partial charge in [0.1, 0.15) is 17.4 Å². The molecule has 0 unspecified atom stereocenters. The number of para-hydroxylation sites is 1. The summed E-state index contributed by atoms with van der Waals surface area (Å²) >= 11 is 0. The first-order valence-electron chi connectivity index (χ1n) is 6.27. The number of rotatable bonds is 2. The van der Waals surface area contributed by atoms with E-state index in [-0.39, 0.29) is 0 Å². The van der Waals surface area contributed by atoms with Crippen LogP contribution in [0.5, 0.6) is 11.5 Å². The quantitative estimate of drug-likeness (QED) is 0.711. The lowest BCUT2D eigenvalue weighted by Gasteiger charge is -2.10. The Labute approximate surface area is 121 Å². The molecule has 0 bridgehead atoms. The van der Waals surface area contributed by atoms with E-state index >= 15 is 0 Å². The fourth-order valence-corrected chi connectivity index (χ4v) is 2.05. The van der Waals surface area contributed by atoms with E-state index in [0.717, 1.165) is 10.9 Å². The van der Waals surface area contributed by atoms with Gasteiger partial charge in [0.2, 0.25) is 0 Å². The molecule has 98 valence electrons. The number of hydrogen-bond acceptors (Lipinski definition) is 4. The summed E-state index contributed by atoms with van der Waals surface area (Å²) in [5.41, 5.74) is 1.61. The van der Waals surface area contributed by atoms with Gasteiger partial charge < -0.3 is 4.74 Å². The second-order valence-corrected chi connectivity index (χ2v) is 4.37. The van der Waals surface area contributed by atoms with Crippen LogP contribution >= 0.6 is 0 Å². The third-order valence-corrected chi connectivity index (χ3v) is 3.03. The highest BCUT2D eigenvalue weighted by atomic mass is 16.5. The lowest BCUT2D eigenvalue weighted by molar-refractivity contribution is 0.486. The van der Waals surface area contributed by atoms with Crippen LogP contribution in [0.3, 0.4) is 0 Å².